The molecule has 2 heterocycles. The predicted molar refractivity (Wildman–Crippen MR) is 109 cm³/mol. The molecule has 2 fully saturated rings. The van der Waals surface area contributed by atoms with Crippen molar-refractivity contribution in [2.45, 2.75) is 18.8 Å². The largest absolute Gasteiger partial charge is 0.368 e. The van der Waals surface area contributed by atoms with Crippen LogP contribution in [0.4, 0.5) is 18.9 Å². The fraction of sp³-hybridized carbons (Fsp3) is 0.429. The Balaban J connectivity index is 1.38. The highest BCUT2D eigenvalue weighted by Gasteiger charge is 2.57. The normalized spacial score (nSPS) is 24.2. The first-order valence-electron chi connectivity index (χ1n) is 9.77. The lowest BCUT2D eigenvalue weighted by atomic mass is 10.1. The summed E-state index contributed by atoms with van der Waals surface area (Å²) in [6, 6.07) is 10.2. The number of hydrogen-bond donors (Lipinski definition) is 0. The van der Waals surface area contributed by atoms with Gasteiger partial charge in [0.1, 0.15) is 11.7 Å². The molecule has 1 aromatic rings. The van der Waals surface area contributed by atoms with E-state index in [1.54, 1.807) is 17.2 Å². The topological polar surface area (TPSA) is 34.4 Å². The molecule has 154 valence electrons. The monoisotopic (exact) mass is 403 g/mol. The minimum absolute atomic E-state index is 0.0304. The third-order valence-electron chi connectivity index (χ3n) is 5.64. The van der Waals surface area contributed by atoms with Gasteiger partial charge in [0.05, 0.1) is 12.2 Å². The number of para-hydroxylation sites is 1. The highest BCUT2D eigenvalue weighted by atomic mass is 19.3. The quantitative estimate of drug-likeness (QED) is 0.425. The first-order chi connectivity index (χ1) is 14.0. The highest BCUT2D eigenvalue weighted by Crippen LogP contribution is 2.51. The van der Waals surface area contributed by atoms with Crippen LogP contribution in [-0.4, -0.2) is 61.0 Å². The third-order valence-corrected chi connectivity index (χ3v) is 5.64. The van der Waals surface area contributed by atoms with Gasteiger partial charge in [-0.1, -0.05) is 18.2 Å². The number of amidine groups is 1. The molecule has 5 nitrogen and oxygen atoms in total. The van der Waals surface area contributed by atoms with Gasteiger partial charge in [-0.25, -0.2) is 13.2 Å². The summed E-state index contributed by atoms with van der Waals surface area (Å²) in [5, 5.41) is 7.35. The van der Waals surface area contributed by atoms with Gasteiger partial charge in [0.2, 0.25) is 0 Å². The Hall–Kier alpha value is -2.77. The van der Waals surface area contributed by atoms with E-state index in [9.17, 15) is 13.2 Å². The Bertz CT molecular complexity index is 841. The molecule has 0 aromatic heterocycles. The lowest BCUT2D eigenvalue weighted by Gasteiger charge is -2.39. The number of piperazine rings is 1. The van der Waals surface area contributed by atoms with Gasteiger partial charge in [0, 0.05) is 63.5 Å². The van der Waals surface area contributed by atoms with E-state index in [-0.39, 0.29) is 25.2 Å². The zero-order valence-corrected chi connectivity index (χ0v) is 16.1. The van der Waals surface area contributed by atoms with Crippen molar-refractivity contribution in [2.24, 2.45) is 16.1 Å². The molecular formula is C21H24F3N5. The molecule has 4 rings (SSSR count). The van der Waals surface area contributed by atoms with Crippen LogP contribution in [0.3, 0.4) is 0 Å². The first-order valence-corrected chi connectivity index (χ1v) is 9.77. The molecule has 1 aromatic carbocycles. The molecule has 0 radical (unpaired) electrons. The zero-order chi connectivity index (χ0) is 20.4. The molecule has 1 unspecified atom stereocenters. The molecule has 29 heavy (non-hydrogen) atoms. The SMILES string of the molecule is C=N/N=C(/CC1CC1(F)F)N1C=CC(N2CCN(c3ccccc3)CC2)=C(F)C1. The van der Waals surface area contributed by atoms with Crippen LogP contribution in [0.2, 0.25) is 0 Å². The molecule has 0 amide bonds. The van der Waals surface area contributed by atoms with Crippen LogP contribution in [0, 0.1) is 5.92 Å². The van der Waals surface area contributed by atoms with Crippen LogP contribution in [0.25, 0.3) is 0 Å². The second-order valence-electron chi connectivity index (χ2n) is 7.57. The van der Waals surface area contributed by atoms with Gasteiger partial charge in [-0.05, 0) is 18.2 Å². The smallest absolute Gasteiger partial charge is 0.252 e. The molecule has 1 atom stereocenters. The van der Waals surface area contributed by atoms with E-state index in [0.717, 1.165) is 13.1 Å². The Labute approximate surface area is 168 Å². The zero-order valence-electron chi connectivity index (χ0n) is 16.1. The Kier molecular flexibility index (Phi) is 5.34. The molecule has 8 heteroatoms. The molecular weight excluding hydrogens is 379 g/mol. The average molecular weight is 403 g/mol. The summed E-state index contributed by atoms with van der Waals surface area (Å²) in [7, 11) is 0. The summed E-state index contributed by atoms with van der Waals surface area (Å²) < 4.78 is 41.4. The molecule has 0 N–H and O–H groups in total. The van der Waals surface area contributed by atoms with E-state index in [1.807, 2.05) is 23.1 Å². The van der Waals surface area contributed by atoms with Crippen LogP contribution in [0.15, 0.2) is 64.3 Å². The maximum absolute atomic E-state index is 14.9. The van der Waals surface area contributed by atoms with Gasteiger partial charge < -0.3 is 14.7 Å². The Morgan fingerprint density at radius 1 is 1.10 bits per heavy atom. The van der Waals surface area contributed by atoms with Crippen LogP contribution >= 0.6 is 0 Å². The summed E-state index contributed by atoms with van der Waals surface area (Å²) in [6.45, 7) is 6.32. The number of rotatable bonds is 5. The number of halogens is 3. The number of hydrogen-bond acceptors (Lipinski definition) is 4. The number of anilines is 1. The number of nitrogens with zero attached hydrogens (tertiary/aromatic N) is 5. The molecule has 0 spiro atoms. The lowest BCUT2D eigenvalue weighted by Crippen LogP contribution is -2.46. The second kappa shape index (κ2) is 7.93. The van der Waals surface area contributed by atoms with Gasteiger partial charge in [0.25, 0.3) is 5.92 Å². The van der Waals surface area contributed by atoms with Crippen molar-refractivity contribution in [1.29, 1.82) is 0 Å². The van der Waals surface area contributed by atoms with Crippen LogP contribution in [0.5, 0.6) is 0 Å². The van der Waals surface area contributed by atoms with Crippen molar-refractivity contribution in [2.75, 3.05) is 37.6 Å². The van der Waals surface area contributed by atoms with Crippen molar-refractivity contribution >= 4 is 18.2 Å². The summed E-state index contributed by atoms with van der Waals surface area (Å²) in [6.07, 6.45) is 3.30. The average Bonchev–Trinajstić information content (AvgIpc) is 3.34. The Morgan fingerprint density at radius 3 is 2.34 bits per heavy atom. The summed E-state index contributed by atoms with van der Waals surface area (Å²) >= 11 is 0. The van der Waals surface area contributed by atoms with Crippen molar-refractivity contribution in [3.8, 4) is 0 Å². The first kappa shape index (κ1) is 19.5. The van der Waals surface area contributed by atoms with E-state index in [2.05, 4.69) is 34.0 Å². The molecule has 0 bridgehead atoms. The minimum Gasteiger partial charge on any atom is -0.368 e. The van der Waals surface area contributed by atoms with E-state index in [4.69, 9.17) is 0 Å². The highest BCUT2D eigenvalue weighted by molar-refractivity contribution is 5.84. The molecule has 3 aliphatic rings. The standard InChI is InChI=1S/C21H24F3N5/c1-25-26-20(13-16-14-21(16,23)24)29-8-7-19(18(22)15-29)28-11-9-27(10-12-28)17-5-3-2-4-6-17/h2-8,16H,1,9-15H2/b26-20-. The third kappa shape index (κ3) is 4.31. The van der Waals surface area contributed by atoms with Crippen molar-refractivity contribution in [1.82, 2.24) is 9.80 Å². The van der Waals surface area contributed by atoms with Crippen LogP contribution in [-0.2, 0) is 0 Å². The second-order valence-corrected chi connectivity index (χ2v) is 7.57. The summed E-state index contributed by atoms with van der Waals surface area (Å²) in [5.74, 6) is -3.38. The predicted octanol–water partition coefficient (Wildman–Crippen LogP) is 3.88. The van der Waals surface area contributed by atoms with Crippen molar-refractivity contribution in [3.63, 3.8) is 0 Å². The van der Waals surface area contributed by atoms with Gasteiger partial charge in [-0.15, -0.1) is 5.10 Å². The van der Waals surface area contributed by atoms with Gasteiger partial charge in [0.15, 0.2) is 0 Å². The number of allylic oxidation sites excluding steroid dienone is 1. The van der Waals surface area contributed by atoms with Gasteiger partial charge in [-0.2, -0.15) is 5.10 Å². The summed E-state index contributed by atoms with van der Waals surface area (Å²) in [4.78, 5) is 5.85. The minimum atomic E-state index is -2.65. The Morgan fingerprint density at radius 2 is 1.76 bits per heavy atom. The number of alkyl halides is 2. The van der Waals surface area contributed by atoms with Crippen LogP contribution < -0.4 is 4.90 Å². The molecule has 1 saturated heterocycles. The number of benzene rings is 1. The van der Waals surface area contributed by atoms with Gasteiger partial charge >= 0.3 is 0 Å². The maximum atomic E-state index is 14.9. The van der Waals surface area contributed by atoms with Crippen molar-refractivity contribution in [3.05, 3.63) is 54.1 Å². The maximum Gasteiger partial charge on any atom is 0.252 e. The van der Waals surface area contributed by atoms with E-state index in [1.165, 1.54) is 5.69 Å². The summed E-state index contributed by atoms with van der Waals surface area (Å²) in [5.41, 5.74) is 1.72. The molecule has 1 saturated carbocycles. The fourth-order valence-electron chi connectivity index (χ4n) is 3.84. The van der Waals surface area contributed by atoms with E-state index in [0.29, 0.717) is 24.6 Å². The fourth-order valence-corrected chi connectivity index (χ4v) is 3.84. The van der Waals surface area contributed by atoms with Crippen LogP contribution in [0.1, 0.15) is 12.8 Å². The van der Waals surface area contributed by atoms with Gasteiger partial charge in [-0.3, -0.25) is 0 Å². The lowest BCUT2D eigenvalue weighted by molar-refractivity contribution is 0.0998. The molecule has 1 aliphatic carbocycles. The van der Waals surface area contributed by atoms with E-state index >= 15 is 0 Å². The van der Waals surface area contributed by atoms with Crippen molar-refractivity contribution < 1.29 is 13.2 Å². The molecule has 2 aliphatic heterocycles. The van der Waals surface area contributed by atoms with E-state index < -0.39 is 11.8 Å².